The Morgan fingerprint density at radius 1 is 1.00 bits per heavy atom. The topological polar surface area (TPSA) is 26.3 Å². The Labute approximate surface area is 97.6 Å². The van der Waals surface area contributed by atoms with E-state index in [1.165, 1.54) is 0 Å². The number of benzene rings is 1. The molecule has 0 bridgehead atoms. The number of hydrogen-bond acceptors (Lipinski definition) is 2. The maximum atomic E-state index is 11.8. The third-order valence-corrected chi connectivity index (χ3v) is 2.57. The summed E-state index contributed by atoms with van der Waals surface area (Å²) in [6.07, 6.45) is -0.0206. The molecule has 16 heavy (non-hydrogen) atoms. The van der Waals surface area contributed by atoms with Crippen molar-refractivity contribution in [3.63, 3.8) is 0 Å². The maximum absolute atomic E-state index is 11.8. The SMILES string of the molecule is CC(C)C(OC(=O)c1ccccc1)C(C)C. The van der Waals surface area contributed by atoms with Crippen molar-refractivity contribution in [1.82, 2.24) is 0 Å². The third kappa shape index (κ3) is 3.37. The molecule has 0 aliphatic heterocycles. The molecule has 0 fully saturated rings. The molecule has 0 aliphatic rings. The second-order valence-electron chi connectivity index (χ2n) is 4.72. The summed E-state index contributed by atoms with van der Waals surface area (Å²) in [5, 5.41) is 0. The molecule has 0 N–H and O–H groups in total. The van der Waals surface area contributed by atoms with E-state index in [1.54, 1.807) is 12.1 Å². The van der Waals surface area contributed by atoms with Gasteiger partial charge >= 0.3 is 5.97 Å². The van der Waals surface area contributed by atoms with Gasteiger partial charge in [-0.2, -0.15) is 0 Å². The van der Waals surface area contributed by atoms with Crippen LogP contribution in [0, 0.1) is 11.8 Å². The molecule has 0 spiro atoms. The zero-order valence-electron chi connectivity index (χ0n) is 10.4. The first kappa shape index (κ1) is 12.8. The summed E-state index contributed by atoms with van der Waals surface area (Å²) >= 11 is 0. The molecule has 1 rings (SSSR count). The lowest BCUT2D eigenvalue weighted by Gasteiger charge is -2.24. The zero-order valence-corrected chi connectivity index (χ0v) is 10.4. The van der Waals surface area contributed by atoms with Gasteiger partial charge in [0, 0.05) is 0 Å². The van der Waals surface area contributed by atoms with Gasteiger partial charge in [0.15, 0.2) is 0 Å². The largest absolute Gasteiger partial charge is 0.458 e. The predicted octanol–water partition coefficient (Wildman–Crippen LogP) is 3.52. The van der Waals surface area contributed by atoms with Crippen LogP contribution in [0.5, 0.6) is 0 Å². The molecule has 0 heterocycles. The van der Waals surface area contributed by atoms with E-state index in [1.807, 2.05) is 18.2 Å². The minimum Gasteiger partial charge on any atom is -0.458 e. The van der Waals surface area contributed by atoms with Gasteiger partial charge in [0.2, 0.25) is 0 Å². The Hall–Kier alpha value is -1.31. The Bertz CT molecular complexity index is 320. The molecular formula is C14H20O2. The van der Waals surface area contributed by atoms with Crippen molar-refractivity contribution in [2.24, 2.45) is 11.8 Å². The number of carbonyl (C=O) groups excluding carboxylic acids is 1. The van der Waals surface area contributed by atoms with Gasteiger partial charge in [-0.25, -0.2) is 4.79 Å². The summed E-state index contributed by atoms with van der Waals surface area (Å²) in [7, 11) is 0. The van der Waals surface area contributed by atoms with Crippen molar-refractivity contribution in [1.29, 1.82) is 0 Å². The monoisotopic (exact) mass is 220 g/mol. The van der Waals surface area contributed by atoms with E-state index in [0.29, 0.717) is 17.4 Å². The number of carbonyl (C=O) groups is 1. The van der Waals surface area contributed by atoms with Crippen LogP contribution in [0.4, 0.5) is 0 Å². The number of ether oxygens (including phenoxy) is 1. The highest BCUT2D eigenvalue weighted by molar-refractivity contribution is 5.89. The molecule has 0 aromatic heterocycles. The predicted molar refractivity (Wildman–Crippen MR) is 65.3 cm³/mol. The van der Waals surface area contributed by atoms with Crippen LogP contribution >= 0.6 is 0 Å². The van der Waals surface area contributed by atoms with Gasteiger partial charge in [-0.1, -0.05) is 45.9 Å². The van der Waals surface area contributed by atoms with E-state index in [0.717, 1.165) is 0 Å². The van der Waals surface area contributed by atoms with Crippen LogP contribution < -0.4 is 0 Å². The molecule has 1 aromatic rings. The first-order valence-electron chi connectivity index (χ1n) is 5.78. The summed E-state index contributed by atoms with van der Waals surface area (Å²) in [6.45, 7) is 8.29. The summed E-state index contributed by atoms with van der Waals surface area (Å²) in [4.78, 5) is 11.8. The molecule has 2 heteroatoms. The quantitative estimate of drug-likeness (QED) is 0.726. The fourth-order valence-electron chi connectivity index (χ4n) is 1.81. The summed E-state index contributed by atoms with van der Waals surface area (Å²) in [5.41, 5.74) is 0.619. The Morgan fingerprint density at radius 2 is 1.50 bits per heavy atom. The van der Waals surface area contributed by atoms with Crippen molar-refractivity contribution in [3.8, 4) is 0 Å². The van der Waals surface area contributed by atoms with Gasteiger partial charge in [-0.3, -0.25) is 0 Å². The van der Waals surface area contributed by atoms with Crippen LogP contribution in [0.3, 0.4) is 0 Å². The van der Waals surface area contributed by atoms with Gasteiger partial charge in [0.05, 0.1) is 5.56 Å². The molecule has 0 radical (unpaired) electrons. The lowest BCUT2D eigenvalue weighted by Crippen LogP contribution is -2.28. The van der Waals surface area contributed by atoms with Crippen molar-refractivity contribution < 1.29 is 9.53 Å². The van der Waals surface area contributed by atoms with Crippen molar-refractivity contribution in [3.05, 3.63) is 35.9 Å². The molecule has 0 unspecified atom stereocenters. The first-order valence-corrected chi connectivity index (χ1v) is 5.78. The minimum atomic E-state index is -0.229. The van der Waals surface area contributed by atoms with Crippen LogP contribution in [0.25, 0.3) is 0 Å². The van der Waals surface area contributed by atoms with E-state index >= 15 is 0 Å². The van der Waals surface area contributed by atoms with Crippen LogP contribution in [-0.4, -0.2) is 12.1 Å². The fraction of sp³-hybridized carbons (Fsp3) is 0.500. The van der Waals surface area contributed by atoms with Crippen molar-refractivity contribution >= 4 is 5.97 Å². The van der Waals surface area contributed by atoms with Crippen LogP contribution in [0.2, 0.25) is 0 Å². The highest BCUT2D eigenvalue weighted by Gasteiger charge is 2.22. The third-order valence-electron chi connectivity index (χ3n) is 2.57. The zero-order chi connectivity index (χ0) is 12.1. The molecule has 1 aromatic carbocycles. The molecule has 0 amide bonds. The Kier molecular flexibility index (Phi) is 4.53. The maximum Gasteiger partial charge on any atom is 0.338 e. The normalized spacial score (nSPS) is 11.2. The molecule has 0 saturated heterocycles. The Balaban J connectivity index is 2.70. The first-order chi connectivity index (χ1) is 7.52. The van der Waals surface area contributed by atoms with E-state index in [9.17, 15) is 4.79 Å². The second-order valence-corrected chi connectivity index (χ2v) is 4.72. The minimum absolute atomic E-state index is 0.0206. The summed E-state index contributed by atoms with van der Waals surface area (Å²) < 4.78 is 5.52. The van der Waals surface area contributed by atoms with E-state index in [4.69, 9.17) is 4.74 Å². The number of rotatable bonds is 4. The second kappa shape index (κ2) is 5.69. The van der Waals surface area contributed by atoms with Gasteiger partial charge < -0.3 is 4.74 Å². The highest BCUT2D eigenvalue weighted by atomic mass is 16.5. The van der Waals surface area contributed by atoms with Gasteiger partial charge in [0.1, 0.15) is 6.10 Å². The van der Waals surface area contributed by atoms with Gasteiger partial charge in [-0.15, -0.1) is 0 Å². The molecule has 0 saturated carbocycles. The van der Waals surface area contributed by atoms with Crippen LogP contribution in [0.15, 0.2) is 30.3 Å². The molecule has 0 atom stereocenters. The Morgan fingerprint density at radius 3 is 1.94 bits per heavy atom. The molecular weight excluding hydrogens is 200 g/mol. The van der Waals surface area contributed by atoms with Gasteiger partial charge in [0.25, 0.3) is 0 Å². The highest BCUT2D eigenvalue weighted by Crippen LogP contribution is 2.18. The molecule has 0 aliphatic carbocycles. The smallest absolute Gasteiger partial charge is 0.338 e. The molecule has 2 nitrogen and oxygen atoms in total. The van der Waals surface area contributed by atoms with E-state index in [-0.39, 0.29) is 12.1 Å². The van der Waals surface area contributed by atoms with E-state index in [2.05, 4.69) is 27.7 Å². The van der Waals surface area contributed by atoms with Gasteiger partial charge in [-0.05, 0) is 24.0 Å². The number of esters is 1. The average Bonchev–Trinajstić information content (AvgIpc) is 2.25. The van der Waals surface area contributed by atoms with Crippen molar-refractivity contribution in [2.75, 3.05) is 0 Å². The molecule has 88 valence electrons. The summed E-state index contributed by atoms with van der Waals surface area (Å²) in [6, 6.07) is 9.13. The lowest BCUT2D eigenvalue weighted by atomic mass is 9.96. The van der Waals surface area contributed by atoms with Crippen LogP contribution in [-0.2, 0) is 4.74 Å². The summed E-state index contributed by atoms with van der Waals surface area (Å²) in [5.74, 6) is 0.452. The van der Waals surface area contributed by atoms with E-state index < -0.39 is 0 Å². The average molecular weight is 220 g/mol. The standard InChI is InChI=1S/C14H20O2/c1-10(2)13(11(3)4)16-14(15)12-8-6-5-7-9-12/h5-11,13H,1-4H3. The lowest BCUT2D eigenvalue weighted by molar-refractivity contribution is 0.00324. The van der Waals surface area contributed by atoms with Crippen LogP contribution in [0.1, 0.15) is 38.1 Å². The number of hydrogen-bond donors (Lipinski definition) is 0. The fourth-order valence-corrected chi connectivity index (χ4v) is 1.81. The van der Waals surface area contributed by atoms with Crippen molar-refractivity contribution in [2.45, 2.75) is 33.8 Å².